The summed E-state index contributed by atoms with van der Waals surface area (Å²) in [6, 6.07) is 9.02. The van der Waals surface area contributed by atoms with Crippen LogP contribution in [-0.4, -0.2) is 41.6 Å². The fourth-order valence-electron chi connectivity index (χ4n) is 2.49. The molecule has 0 aliphatic heterocycles. The van der Waals surface area contributed by atoms with E-state index in [-0.39, 0.29) is 18.9 Å². The Hall–Kier alpha value is -2.87. The van der Waals surface area contributed by atoms with Crippen LogP contribution in [0.3, 0.4) is 0 Å². The number of guanidine groups is 1. The summed E-state index contributed by atoms with van der Waals surface area (Å²) >= 11 is 0. The van der Waals surface area contributed by atoms with Gasteiger partial charge in [0.15, 0.2) is 5.96 Å². The zero-order valence-corrected chi connectivity index (χ0v) is 16.9. The second-order valence-electron chi connectivity index (χ2n) is 6.77. The van der Waals surface area contributed by atoms with Crippen molar-refractivity contribution in [2.45, 2.75) is 39.7 Å². The summed E-state index contributed by atoms with van der Waals surface area (Å²) in [7, 11) is 0. The van der Waals surface area contributed by atoms with Crippen molar-refractivity contribution in [2.24, 2.45) is 4.99 Å². The molecule has 8 nitrogen and oxygen atoms in total. The van der Waals surface area contributed by atoms with Crippen molar-refractivity contribution in [3.8, 4) is 0 Å². The zero-order valence-electron chi connectivity index (χ0n) is 16.9. The predicted molar refractivity (Wildman–Crippen MR) is 109 cm³/mol. The molecule has 0 aliphatic rings. The molecule has 0 bridgehead atoms. The van der Waals surface area contributed by atoms with Crippen LogP contribution in [0.15, 0.2) is 39.7 Å². The van der Waals surface area contributed by atoms with Gasteiger partial charge in [0.25, 0.3) is 0 Å². The average Bonchev–Trinajstić information content (AvgIpc) is 3.07. The number of nitrogens with one attached hydrogen (secondary N) is 3. The molecule has 0 radical (unpaired) electrons. The van der Waals surface area contributed by atoms with Crippen LogP contribution in [0.25, 0.3) is 0 Å². The molecule has 4 N–H and O–H groups in total. The van der Waals surface area contributed by atoms with E-state index < -0.39 is 5.60 Å². The van der Waals surface area contributed by atoms with Crippen LogP contribution in [0.5, 0.6) is 0 Å². The van der Waals surface area contributed by atoms with Crippen LogP contribution in [0.1, 0.15) is 37.5 Å². The number of aliphatic imine (C=N–C) groups is 1. The Kier molecular flexibility index (Phi) is 7.57. The van der Waals surface area contributed by atoms with E-state index in [1.165, 1.54) is 0 Å². The first-order valence-electron chi connectivity index (χ1n) is 9.35. The van der Waals surface area contributed by atoms with Gasteiger partial charge in [0.05, 0.1) is 6.54 Å². The van der Waals surface area contributed by atoms with Gasteiger partial charge in [0, 0.05) is 25.2 Å². The molecular weight excluding hydrogens is 358 g/mol. The summed E-state index contributed by atoms with van der Waals surface area (Å²) in [5.74, 6) is 2.12. The quantitative estimate of drug-likeness (QED) is 0.408. The van der Waals surface area contributed by atoms with Gasteiger partial charge in [-0.25, -0.2) is 9.98 Å². The number of hydrogen-bond donors (Lipinski definition) is 4. The topological polar surface area (TPSA) is 112 Å². The van der Waals surface area contributed by atoms with Gasteiger partial charge in [0.1, 0.15) is 22.9 Å². The summed E-state index contributed by atoms with van der Waals surface area (Å²) in [6.45, 7) is 8.47. The lowest BCUT2D eigenvalue weighted by Crippen LogP contribution is -2.40. The standard InChI is InChI=1S/C20H29N5O3/c1-5-21-19(23-13-20(4,27)16-10-9-15(3)28-16)22-12-11-18(26)25-17-8-6-7-14(2)24-17/h6-10,27H,5,11-13H2,1-4H3,(H2,21,22,23)(H,24,25,26). The summed E-state index contributed by atoms with van der Waals surface area (Å²) in [5.41, 5.74) is -0.374. The number of rotatable bonds is 8. The Bertz CT molecular complexity index is 814. The van der Waals surface area contributed by atoms with E-state index >= 15 is 0 Å². The van der Waals surface area contributed by atoms with Crippen molar-refractivity contribution >= 4 is 17.7 Å². The molecule has 1 atom stereocenters. The molecule has 2 aromatic rings. The van der Waals surface area contributed by atoms with E-state index in [0.29, 0.717) is 30.6 Å². The largest absolute Gasteiger partial charge is 0.463 e. The van der Waals surface area contributed by atoms with E-state index in [4.69, 9.17) is 4.42 Å². The number of hydrogen-bond acceptors (Lipinski definition) is 5. The van der Waals surface area contributed by atoms with Gasteiger partial charge >= 0.3 is 0 Å². The minimum Gasteiger partial charge on any atom is -0.463 e. The molecule has 0 saturated heterocycles. The normalized spacial score (nSPS) is 13.7. The number of nitrogens with zero attached hydrogens (tertiary/aromatic N) is 2. The van der Waals surface area contributed by atoms with Crippen LogP contribution in [0.2, 0.25) is 0 Å². The molecule has 0 fully saturated rings. The highest BCUT2D eigenvalue weighted by Crippen LogP contribution is 2.23. The highest BCUT2D eigenvalue weighted by molar-refractivity contribution is 5.90. The van der Waals surface area contributed by atoms with Gasteiger partial charge in [-0.3, -0.25) is 4.79 Å². The number of furan rings is 1. The number of aliphatic hydroxyl groups is 1. The number of amides is 1. The summed E-state index contributed by atoms with van der Waals surface area (Å²) in [6.07, 6.45) is 0.258. The molecule has 28 heavy (non-hydrogen) atoms. The number of aryl methyl sites for hydroxylation is 2. The molecule has 2 aromatic heterocycles. The van der Waals surface area contributed by atoms with Gasteiger partial charge in [0.2, 0.25) is 5.91 Å². The fraction of sp³-hybridized carbons (Fsp3) is 0.450. The summed E-state index contributed by atoms with van der Waals surface area (Å²) in [5, 5.41) is 19.5. The van der Waals surface area contributed by atoms with Crippen LogP contribution in [0, 0.1) is 13.8 Å². The molecule has 0 aromatic carbocycles. The predicted octanol–water partition coefficient (Wildman–Crippen LogP) is 2.08. The van der Waals surface area contributed by atoms with Crippen molar-refractivity contribution in [1.29, 1.82) is 0 Å². The van der Waals surface area contributed by atoms with Crippen LogP contribution >= 0.6 is 0 Å². The average molecular weight is 387 g/mol. The number of pyridine rings is 1. The molecular formula is C20H29N5O3. The van der Waals surface area contributed by atoms with Crippen molar-refractivity contribution in [1.82, 2.24) is 15.6 Å². The zero-order chi connectivity index (χ0) is 20.6. The Balaban J connectivity index is 1.86. The lowest BCUT2D eigenvalue weighted by molar-refractivity contribution is -0.116. The maximum absolute atomic E-state index is 12.1. The van der Waals surface area contributed by atoms with E-state index in [1.807, 2.05) is 32.9 Å². The van der Waals surface area contributed by atoms with E-state index in [1.54, 1.807) is 25.1 Å². The lowest BCUT2D eigenvalue weighted by Gasteiger charge is -2.19. The smallest absolute Gasteiger partial charge is 0.227 e. The van der Waals surface area contributed by atoms with E-state index in [0.717, 1.165) is 11.5 Å². The first-order chi connectivity index (χ1) is 13.3. The highest BCUT2D eigenvalue weighted by atomic mass is 16.4. The van der Waals surface area contributed by atoms with Crippen LogP contribution in [-0.2, 0) is 10.4 Å². The van der Waals surface area contributed by atoms with Crippen molar-refractivity contribution in [3.63, 3.8) is 0 Å². The summed E-state index contributed by atoms with van der Waals surface area (Å²) in [4.78, 5) is 20.7. The van der Waals surface area contributed by atoms with E-state index in [2.05, 4.69) is 25.9 Å². The first kappa shape index (κ1) is 21.4. The third kappa shape index (κ3) is 6.70. The Morgan fingerprint density at radius 2 is 2.04 bits per heavy atom. The Morgan fingerprint density at radius 3 is 2.68 bits per heavy atom. The molecule has 2 rings (SSSR count). The molecule has 8 heteroatoms. The van der Waals surface area contributed by atoms with Crippen molar-refractivity contribution in [3.05, 3.63) is 47.5 Å². The summed E-state index contributed by atoms with van der Waals surface area (Å²) < 4.78 is 5.50. The lowest BCUT2D eigenvalue weighted by atomic mass is 10.0. The van der Waals surface area contributed by atoms with Crippen LogP contribution < -0.4 is 16.0 Å². The number of carbonyl (C=O) groups is 1. The minimum atomic E-state index is -1.22. The number of anilines is 1. The van der Waals surface area contributed by atoms with E-state index in [9.17, 15) is 9.90 Å². The van der Waals surface area contributed by atoms with Crippen molar-refractivity contribution in [2.75, 3.05) is 25.0 Å². The molecule has 0 spiro atoms. The molecule has 0 saturated carbocycles. The second-order valence-corrected chi connectivity index (χ2v) is 6.77. The molecule has 2 heterocycles. The maximum atomic E-state index is 12.1. The van der Waals surface area contributed by atoms with Gasteiger partial charge < -0.3 is 25.5 Å². The van der Waals surface area contributed by atoms with Crippen LogP contribution in [0.4, 0.5) is 5.82 Å². The van der Waals surface area contributed by atoms with Crippen molar-refractivity contribution < 1.29 is 14.3 Å². The van der Waals surface area contributed by atoms with Gasteiger partial charge in [-0.1, -0.05) is 6.07 Å². The number of aromatic nitrogens is 1. The van der Waals surface area contributed by atoms with Gasteiger partial charge in [-0.2, -0.15) is 0 Å². The second kappa shape index (κ2) is 9.89. The third-order valence-electron chi connectivity index (χ3n) is 3.96. The number of carbonyl (C=O) groups excluding carboxylic acids is 1. The molecule has 152 valence electrons. The fourth-order valence-corrected chi connectivity index (χ4v) is 2.49. The monoisotopic (exact) mass is 387 g/mol. The molecule has 0 aliphatic carbocycles. The first-order valence-corrected chi connectivity index (χ1v) is 9.35. The highest BCUT2D eigenvalue weighted by Gasteiger charge is 2.26. The van der Waals surface area contributed by atoms with Gasteiger partial charge in [-0.15, -0.1) is 0 Å². The minimum absolute atomic E-state index is 0.120. The molecule has 1 amide bonds. The molecule has 1 unspecified atom stereocenters. The maximum Gasteiger partial charge on any atom is 0.227 e. The Morgan fingerprint density at radius 1 is 1.25 bits per heavy atom. The Labute approximate surface area is 165 Å². The SMILES string of the molecule is CCNC(=NCC(C)(O)c1ccc(C)o1)NCCC(=O)Nc1cccc(C)n1. The third-order valence-corrected chi connectivity index (χ3v) is 3.96. The van der Waals surface area contributed by atoms with Gasteiger partial charge in [-0.05, 0) is 52.0 Å².